The molecule has 2 heterocycles. The standard InChI is InChI=1S/C17H32N4O4S.HI/c1-3-18-17(19-7-10-20-11-13-26(23,24)14-12-20)21-8-5-15(6-9-21)16(22)25-4-2;/h15H,3-14H2,1-2H3,(H,18,19);1H. The Balaban J connectivity index is 0.00000364. The molecule has 0 aromatic carbocycles. The molecule has 0 bridgehead atoms. The molecule has 0 atom stereocenters. The Morgan fingerprint density at radius 2 is 1.78 bits per heavy atom. The van der Waals surface area contributed by atoms with Gasteiger partial charge < -0.3 is 15.0 Å². The first-order valence-electron chi connectivity index (χ1n) is 9.58. The van der Waals surface area contributed by atoms with Crippen LogP contribution in [0.3, 0.4) is 0 Å². The summed E-state index contributed by atoms with van der Waals surface area (Å²) in [5.74, 6) is 1.27. The second-order valence-corrected chi connectivity index (χ2v) is 9.05. The van der Waals surface area contributed by atoms with E-state index in [0.29, 0.717) is 26.2 Å². The van der Waals surface area contributed by atoms with Crippen molar-refractivity contribution in [2.75, 3.05) is 63.9 Å². The minimum absolute atomic E-state index is 0. The van der Waals surface area contributed by atoms with Crippen LogP contribution in [0, 0.1) is 5.92 Å². The predicted molar refractivity (Wildman–Crippen MR) is 117 cm³/mol. The third kappa shape index (κ3) is 8.10. The number of aliphatic imine (C=N–C) groups is 1. The van der Waals surface area contributed by atoms with Crippen LogP contribution in [0.5, 0.6) is 0 Å². The van der Waals surface area contributed by atoms with Crippen molar-refractivity contribution in [3.05, 3.63) is 0 Å². The lowest BCUT2D eigenvalue weighted by atomic mass is 9.97. The number of nitrogens with zero attached hydrogens (tertiary/aromatic N) is 3. The van der Waals surface area contributed by atoms with Crippen molar-refractivity contribution < 1.29 is 17.9 Å². The van der Waals surface area contributed by atoms with E-state index in [0.717, 1.165) is 45.0 Å². The molecule has 1 N–H and O–H groups in total. The normalized spacial score (nSPS) is 21.4. The average Bonchev–Trinajstić information content (AvgIpc) is 2.63. The number of carbonyl (C=O) groups excluding carboxylic acids is 1. The largest absolute Gasteiger partial charge is 0.466 e. The zero-order chi connectivity index (χ0) is 19.0. The first kappa shape index (κ1) is 24.4. The van der Waals surface area contributed by atoms with E-state index < -0.39 is 9.84 Å². The van der Waals surface area contributed by atoms with Crippen LogP contribution in [-0.2, 0) is 19.4 Å². The molecule has 10 heteroatoms. The van der Waals surface area contributed by atoms with Gasteiger partial charge in [0.25, 0.3) is 0 Å². The molecule has 2 aliphatic rings. The number of carbonyl (C=O) groups is 1. The van der Waals surface area contributed by atoms with Crippen molar-refractivity contribution in [3.8, 4) is 0 Å². The maximum Gasteiger partial charge on any atom is 0.309 e. The topological polar surface area (TPSA) is 91.3 Å². The monoisotopic (exact) mass is 516 g/mol. The lowest BCUT2D eigenvalue weighted by Gasteiger charge is -2.33. The number of ether oxygens (including phenoxy) is 1. The number of nitrogens with one attached hydrogen (secondary N) is 1. The summed E-state index contributed by atoms with van der Waals surface area (Å²) < 4.78 is 28.1. The molecular formula is C17H33IN4O4S. The van der Waals surface area contributed by atoms with Gasteiger partial charge in [-0.05, 0) is 26.7 Å². The number of halogens is 1. The van der Waals surface area contributed by atoms with E-state index in [9.17, 15) is 13.2 Å². The summed E-state index contributed by atoms with van der Waals surface area (Å²) >= 11 is 0. The molecular weight excluding hydrogens is 483 g/mol. The molecule has 0 radical (unpaired) electrons. The van der Waals surface area contributed by atoms with Gasteiger partial charge in [0.15, 0.2) is 15.8 Å². The fourth-order valence-corrected chi connectivity index (χ4v) is 4.56. The van der Waals surface area contributed by atoms with Gasteiger partial charge >= 0.3 is 5.97 Å². The first-order chi connectivity index (χ1) is 12.4. The molecule has 2 saturated heterocycles. The minimum Gasteiger partial charge on any atom is -0.466 e. The average molecular weight is 516 g/mol. The number of likely N-dealkylation sites (tertiary alicyclic amines) is 1. The third-order valence-corrected chi connectivity index (χ3v) is 6.47. The van der Waals surface area contributed by atoms with E-state index in [2.05, 4.69) is 15.1 Å². The van der Waals surface area contributed by atoms with Crippen molar-refractivity contribution in [2.24, 2.45) is 10.9 Å². The number of sulfone groups is 1. The van der Waals surface area contributed by atoms with Crippen molar-refractivity contribution in [3.63, 3.8) is 0 Å². The maximum absolute atomic E-state index is 11.9. The van der Waals surface area contributed by atoms with E-state index in [4.69, 9.17) is 9.73 Å². The Morgan fingerprint density at radius 3 is 2.33 bits per heavy atom. The highest BCUT2D eigenvalue weighted by Gasteiger charge is 2.27. The molecule has 0 saturated carbocycles. The van der Waals surface area contributed by atoms with Gasteiger partial charge in [-0.2, -0.15) is 0 Å². The quantitative estimate of drug-likeness (QED) is 0.239. The molecule has 0 spiro atoms. The van der Waals surface area contributed by atoms with Gasteiger partial charge in [0.2, 0.25) is 0 Å². The van der Waals surface area contributed by atoms with Crippen molar-refractivity contribution in [1.82, 2.24) is 15.1 Å². The van der Waals surface area contributed by atoms with Gasteiger partial charge in [-0.15, -0.1) is 24.0 Å². The van der Waals surface area contributed by atoms with Gasteiger partial charge in [-0.1, -0.05) is 0 Å². The van der Waals surface area contributed by atoms with Gasteiger partial charge in [0, 0.05) is 39.3 Å². The minimum atomic E-state index is -2.84. The van der Waals surface area contributed by atoms with E-state index in [1.807, 2.05) is 13.8 Å². The molecule has 0 aromatic rings. The molecule has 0 amide bonds. The number of hydrogen-bond acceptors (Lipinski definition) is 6. The van der Waals surface area contributed by atoms with Gasteiger partial charge in [-0.25, -0.2) is 8.42 Å². The Hall–Kier alpha value is -0.620. The molecule has 8 nitrogen and oxygen atoms in total. The van der Waals surface area contributed by atoms with E-state index in [1.165, 1.54) is 0 Å². The zero-order valence-corrected chi connectivity index (χ0v) is 19.5. The number of esters is 1. The molecule has 0 aromatic heterocycles. The molecule has 158 valence electrons. The lowest BCUT2D eigenvalue weighted by molar-refractivity contribution is -0.149. The number of piperidine rings is 1. The van der Waals surface area contributed by atoms with Crippen LogP contribution < -0.4 is 5.32 Å². The second kappa shape index (κ2) is 12.1. The number of rotatable bonds is 6. The maximum atomic E-state index is 11.9. The van der Waals surface area contributed by atoms with Crippen LogP contribution >= 0.6 is 24.0 Å². The van der Waals surface area contributed by atoms with Crippen LogP contribution in [0.15, 0.2) is 4.99 Å². The van der Waals surface area contributed by atoms with Crippen LogP contribution in [0.25, 0.3) is 0 Å². The highest BCUT2D eigenvalue weighted by atomic mass is 127. The smallest absolute Gasteiger partial charge is 0.309 e. The molecule has 0 unspecified atom stereocenters. The van der Waals surface area contributed by atoms with Gasteiger partial charge in [0.1, 0.15) is 0 Å². The summed E-state index contributed by atoms with van der Waals surface area (Å²) in [6.45, 7) is 9.27. The highest BCUT2D eigenvalue weighted by Crippen LogP contribution is 2.18. The summed E-state index contributed by atoms with van der Waals surface area (Å²) in [5.41, 5.74) is 0. The fourth-order valence-electron chi connectivity index (χ4n) is 3.28. The van der Waals surface area contributed by atoms with Crippen LogP contribution in [0.4, 0.5) is 0 Å². The molecule has 2 fully saturated rings. The summed E-state index contributed by atoms with van der Waals surface area (Å²) in [7, 11) is -2.84. The molecule has 0 aliphatic carbocycles. The van der Waals surface area contributed by atoms with Gasteiger partial charge in [-0.3, -0.25) is 14.7 Å². The summed E-state index contributed by atoms with van der Waals surface area (Å²) in [6, 6.07) is 0. The van der Waals surface area contributed by atoms with Crippen LogP contribution in [0.1, 0.15) is 26.7 Å². The summed E-state index contributed by atoms with van der Waals surface area (Å²) in [6.07, 6.45) is 1.57. The van der Waals surface area contributed by atoms with Crippen LogP contribution in [-0.4, -0.2) is 94.1 Å². The summed E-state index contributed by atoms with van der Waals surface area (Å²) in [4.78, 5) is 20.9. The Morgan fingerprint density at radius 1 is 1.15 bits per heavy atom. The highest BCUT2D eigenvalue weighted by molar-refractivity contribution is 14.0. The second-order valence-electron chi connectivity index (χ2n) is 6.74. The predicted octanol–water partition coefficient (Wildman–Crippen LogP) is 0.575. The fraction of sp³-hybridized carbons (Fsp3) is 0.882. The zero-order valence-electron chi connectivity index (χ0n) is 16.4. The SMILES string of the molecule is CCNC(=NCCN1CCS(=O)(=O)CC1)N1CCC(C(=O)OCC)CC1.I. The van der Waals surface area contributed by atoms with E-state index in [1.54, 1.807) is 0 Å². The Kier molecular flexibility index (Phi) is 10.9. The van der Waals surface area contributed by atoms with Gasteiger partial charge in [0.05, 0.1) is 30.6 Å². The Bertz CT molecular complexity index is 578. The molecule has 2 aliphatic heterocycles. The Labute approximate surface area is 180 Å². The van der Waals surface area contributed by atoms with Crippen molar-refractivity contribution in [1.29, 1.82) is 0 Å². The van der Waals surface area contributed by atoms with Crippen molar-refractivity contribution >= 4 is 45.7 Å². The third-order valence-electron chi connectivity index (χ3n) is 4.86. The number of guanidine groups is 1. The van der Waals surface area contributed by atoms with Crippen LogP contribution in [0.2, 0.25) is 0 Å². The van der Waals surface area contributed by atoms with E-state index >= 15 is 0 Å². The molecule has 2 rings (SSSR count). The number of hydrogen-bond donors (Lipinski definition) is 1. The summed E-state index contributed by atoms with van der Waals surface area (Å²) in [5, 5.41) is 3.32. The lowest BCUT2D eigenvalue weighted by Crippen LogP contribution is -2.47. The van der Waals surface area contributed by atoms with Crippen molar-refractivity contribution in [2.45, 2.75) is 26.7 Å². The molecule has 27 heavy (non-hydrogen) atoms. The first-order valence-corrected chi connectivity index (χ1v) is 11.4. The van der Waals surface area contributed by atoms with E-state index in [-0.39, 0.29) is 47.4 Å².